The Bertz CT molecular complexity index is 537. The van der Waals surface area contributed by atoms with Crippen LogP contribution in [-0.2, 0) is 0 Å². The first kappa shape index (κ1) is 11.9. The summed E-state index contributed by atoms with van der Waals surface area (Å²) in [6.45, 7) is 0.654. The molecule has 1 saturated carbocycles. The van der Waals surface area contributed by atoms with Crippen LogP contribution in [0, 0.1) is 5.92 Å². The van der Waals surface area contributed by atoms with Gasteiger partial charge in [0.05, 0.1) is 6.61 Å². The van der Waals surface area contributed by atoms with Crippen molar-refractivity contribution in [2.75, 3.05) is 19.0 Å². The average molecular weight is 260 g/mol. The number of anilines is 1. The van der Waals surface area contributed by atoms with Crippen LogP contribution in [0.25, 0.3) is 5.95 Å². The smallest absolute Gasteiger partial charge is 0.323 e. The molecule has 7 nitrogen and oxygen atoms in total. The molecule has 7 heteroatoms. The molecule has 1 N–H and O–H groups in total. The summed E-state index contributed by atoms with van der Waals surface area (Å²) in [7, 11) is 1.76. The maximum Gasteiger partial charge on any atom is 0.323 e. The van der Waals surface area contributed by atoms with Gasteiger partial charge in [-0.1, -0.05) is 12.8 Å². The second-order valence-corrected chi connectivity index (χ2v) is 4.54. The molecular weight excluding hydrogens is 244 g/mol. The SMILES string of the molecule is CNc1nc(OCCC2CC2)nc(-n2ccnc2)n1. The van der Waals surface area contributed by atoms with E-state index in [-0.39, 0.29) is 0 Å². The van der Waals surface area contributed by atoms with E-state index in [1.807, 2.05) is 0 Å². The maximum atomic E-state index is 5.60. The van der Waals surface area contributed by atoms with Crippen LogP contribution in [0.5, 0.6) is 6.01 Å². The van der Waals surface area contributed by atoms with E-state index in [0.717, 1.165) is 12.3 Å². The van der Waals surface area contributed by atoms with Crippen molar-refractivity contribution in [2.45, 2.75) is 19.3 Å². The molecule has 0 aliphatic heterocycles. The van der Waals surface area contributed by atoms with E-state index in [2.05, 4.69) is 25.3 Å². The summed E-state index contributed by atoms with van der Waals surface area (Å²) in [4.78, 5) is 16.7. The lowest BCUT2D eigenvalue weighted by molar-refractivity contribution is 0.278. The van der Waals surface area contributed by atoms with Gasteiger partial charge in [0.15, 0.2) is 0 Å². The zero-order valence-corrected chi connectivity index (χ0v) is 10.8. The predicted octanol–water partition coefficient (Wildman–Crippen LogP) is 1.28. The lowest BCUT2D eigenvalue weighted by atomic mass is 10.3. The van der Waals surface area contributed by atoms with Gasteiger partial charge in [0, 0.05) is 19.4 Å². The number of hydrogen-bond donors (Lipinski definition) is 1. The highest BCUT2D eigenvalue weighted by molar-refractivity contribution is 5.29. The normalized spacial score (nSPS) is 14.4. The summed E-state index contributed by atoms with van der Waals surface area (Å²) in [5, 5.41) is 2.91. The van der Waals surface area contributed by atoms with Gasteiger partial charge >= 0.3 is 6.01 Å². The van der Waals surface area contributed by atoms with Crippen LogP contribution in [0.15, 0.2) is 18.7 Å². The van der Waals surface area contributed by atoms with Crippen molar-refractivity contribution in [3.05, 3.63) is 18.7 Å². The van der Waals surface area contributed by atoms with Crippen LogP contribution in [-0.4, -0.2) is 38.2 Å². The number of rotatable bonds is 6. The van der Waals surface area contributed by atoms with E-state index in [9.17, 15) is 0 Å². The van der Waals surface area contributed by atoms with Gasteiger partial charge in [-0.15, -0.1) is 0 Å². The Hall–Kier alpha value is -2.18. The molecule has 19 heavy (non-hydrogen) atoms. The third-order valence-corrected chi connectivity index (χ3v) is 3.02. The Morgan fingerprint density at radius 1 is 1.37 bits per heavy atom. The van der Waals surface area contributed by atoms with Crippen molar-refractivity contribution < 1.29 is 4.74 Å². The third-order valence-electron chi connectivity index (χ3n) is 3.02. The Kier molecular flexibility index (Phi) is 3.26. The largest absolute Gasteiger partial charge is 0.463 e. The zero-order valence-electron chi connectivity index (χ0n) is 10.8. The summed E-state index contributed by atoms with van der Waals surface area (Å²) in [6, 6.07) is 0.351. The van der Waals surface area contributed by atoms with Crippen LogP contribution in [0.2, 0.25) is 0 Å². The quantitative estimate of drug-likeness (QED) is 0.843. The van der Waals surface area contributed by atoms with Crippen LogP contribution in [0.1, 0.15) is 19.3 Å². The first-order chi connectivity index (χ1) is 9.35. The van der Waals surface area contributed by atoms with E-state index in [1.54, 1.807) is 30.3 Å². The lowest BCUT2D eigenvalue weighted by Gasteiger charge is -2.07. The van der Waals surface area contributed by atoms with E-state index in [1.165, 1.54) is 12.8 Å². The molecule has 1 fully saturated rings. The van der Waals surface area contributed by atoms with Gasteiger partial charge in [-0.2, -0.15) is 15.0 Å². The second-order valence-electron chi connectivity index (χ2n) is 4.54. The highest BCUT2D eigenvalue weighted by atomic mass is 16.5. The van der Waals surface area contributed by atoms with Gasteiger partial charge in [-0.05, 0) is 12.3 Å². The number of aromatic nitrogens is 5. The van der Waals surface area contributed by atoms with Crippen LogP contribution >= 0.6 is 0 Å². The molecule has 3 rings (SSSR count). The second kappa shape index (κ2) is 5.21. The Morgan fingerprint density at radius 2 is 2.26 bits per heavy atom. The lowest BCUT2D eigenvalue weighted by Crippen LogP contribution is -2.09. The maximum absolute atomic E-state index is 5.60. The number of imidazole rings is 1. The van der Waals surface area contributed by atoms with Gasteiger partial charge in [0.1, 0.15) is 6.33 Å². The van der Waals surface area contributed by atoms with Crippen molar-refractivity contribution in [1.82, 2.24) is 24.5 Å². The molecule has 0 aromatic carbocycles. The molecule has 2 aromatic heterocycles. The fourth-order valence-corrected chi connectivity index (χ4v) is 1.74. The highest BCUT2D eigenvalue weighted by Gasteiger charge is 2.21. The minimum atomic E-state index is 0.351. The Morgan fingerprint density at radius 3 is 2.95 bits per heavy atom. The van der Waals surface area contributed by atoms with Gasteiger partial charge < -0.3 is 10.1 Å². The Balaban J connectivity index is 1.76. The standard InChI is InChI=1S/C12H16N6O/c1-13-10-15-11(18-6-5-14-8-18)17-12(16-10)19-7-4-9-2-3-9/h5-6,8-9H,2-4,7H2,1H3,(H,13,15,16,17). The topological polar surface area (TPSA) is 77.8 Å². The summed E-state index contributed by atoms with van der Waals surface area (Å²) >= 11 is 0. The molecule has 2 aromatic rings. The molecule has 0 spiro atoms. The fourth-order valence-electron chi connectivity index (χ4n) is 1.74. The van der Waals surface area contributed by atoms with Gasteiger partial charge in [-0.25, -0.2) is 4.98 Å². The first-order valence-electron chi connectivity index (χ1n) is 6.40. The predicted molar refractivity (Wildman–Crippen MR) is 69.3 cm³/mol. The molecule has 0 bridgehead atoms. The number of nitrogens with zero attached hydrogens (tertiary/aromatic N) is 5. The molecule has 0 amide bonds. The van der Waals surface area contributed by atoms with Crippen molar-refractivity contribution in [3.8, 4) is 12.0 Å². The van der Waals surface area contributed by atoms with Crippen LogP contribution in [0.4, 0.5) is 5.95 Å². The van der Waals surface area contributed by atoms with Gasteiger partial charge in [0.2, 0.25) is 11.9 Å². The summed E-state index contributed by atoms with van der Waals surface area (Å²) in [6.07, 6.45) is 8.81. The van der Waals surface area contributed by atoms with E-state index in [4.69, 9.17) is 4.74 Å². The molecule has 0 saturated heterocycles. The molecule has 0 unspecified atom stereocenters. The number of ether oxygens (including phenoxy) is 1. The number of nitrogens with one attached hydrogen (secondary N) is 1. The van der Waals surface area contributed by atoms with E-state index >= 15 is 0 Å². The van der Waals surface area contributed by atoms with Crippen LogP contribution in [0.3, 0.4) is 0 Å². The summed E-state index contributed by atoms with van der Waals surface area (Å²) < 4.78 is 7.32. The van der Waals surface area contributed by atoms with Crippen molar-refractivity contribution >= 4 is 5.95 Å². The minimum Gasteiger partial charge on any atom is -0.463 e. The zero-order chi connectivity index (χ0) is 13.1. The van der Waals surface area contributed by atoms with Crippen molar-refractivity contribution in [3.63, 3.8) is 0 Å². The molecule has 0 radical (unpaired) electrons. The minimum absolute atomic E-state index is 0.351. The monoisotopic (exact) mass is 260 g/mol. The summed E-state index contributed by atoms with van der Waals surface area (Å²) in [5.74, 6) is 1.82. The summed E-state index contributed by atoms with van der Waals surface area (Å²) in [5.41, 5.74) is 0. The molecule has 1 aliphatic carbocycles. The highest BCUT2D eigenvalue weighted by Crippen LogP contribution is 2.32. The molecule has 1 aliphatic rings. The van der Waals surface area contributed by atoms with Crippen molar-refractivity contribution in [1.29, 1.82) is 0 Å². The molecule has 0 atom stereocenters. The van der Waals surface area contributed by atoms with Crippen LogP contribution < -0.4 is 10.1 Å². The average Bonchev–Trinajstić information content (AvgIpc) is 3.09. The fraction of sp³-hybridized carbons (Fsp3) is 0.500. The Labute approximate surface area is 111 Å². The van der Waals surface area contributed by atoms with Crippen molar-refractivity contribution in [2.24, 2.45) is 5.92 Å². The third kappa shape index (κ3) is 2.98. The molecule has 100 valence electrons. The number of hydrogen-bond acceptors (Lipinski definition) is 6. The van der Waals surface area contributed by atoms with E-state index in [0.29, 0.717) is 24.5 Å². The molecule has 2 heterocycles. The first-order valence-corrected chi connectivity index (χ1v) is 6.40. The van der Waals surface area contributed by atoms with Gasteiger partial charge in [0.25, 0.3) is 0 Å². The van der Waals surface area contributed by atoms with E-state index < -0.39 is 0 Å². The molecular formula is C12H16N6O. The van der Waals surface area contributed by atoms with Gasteiger partial charge in [-0.3, -0.25) is 4.57 Å².